The quantitative estimate of drug-likeness (QED) is 0.448. The normalized spacial score (nSPS) is 10.7. The topological polar surface area (TPSA) is 50.7 Å². The Balaban J connectivity index is 1.58. The lowest BCUT2D eigenvalue weighted by molar-refractivity contribution is 0.0954. The van der Waals surface area contributed by atoms with Crippen LogP contribution >= 0.6 is 15.9 Å². The molecular formula is C21H16BrFN2O2. The van der Waals surface area contributed by atoms with Crippen molar-refractivity contribution in [3.63, 3.8) is 0 Å². The molecule has 4 nitrogen and oxygen atoms in total. The van der Waals surface area contributed by atoms with E-state index < -0.39 is 0 Å². The number of rotatable bonds is 6. The molecule has 0 fully saturated rings. The third kappa shape index (κ3) is 5.49. The zero-order chi connectivity index (χ0) is 19.1. The number of carbonyl (C=O) groups excluding carboxylic acids is 1. The Labute approximate surface area is 164 Å². The number of hydrogen-bond donors (Lipinski definition) is 1. The van der Waals surface area contributed by atoms with E-state index in [-0.39, 0.29) is 11.7 Å². The fraction of sp³-hybridized carbons (Fsp3) is 0.0476. The molecule has 27 heavy (non-hydrogen) atoms. The van der Waals surface area contributed by atoms with E-state index in [4.69, 9.17) is 4.74 Å². The minimum Gasteiger partial charge on any atom is -0.489 e. The van der Waals surface area contributed by atoms with Crippen molar-refractivity contribution in [2.45, 2.75) is 6.61 Å². The molecule has 0 saturated carbocycles. The highest BCUT2D eigenvalue weighted by atomic mass is 79.9. The van der Waals surface area contributed by atoms with Gasteiger partial charge in [-0.15, -0.1) is 0 Å². The van der Waals surface area contributed by atoms with Gasteiger partial charge in [-0.2, -0.15) is 5.10 Å². The minimum absolute atomic E-state index is 0.276. The van der Waals surface area contributed by atoms with Crippen LogP contribution in [0.25, 0.3) is 0 Å². The molecule has 136 valence electrons. The van der Waals surface area contributed by atoms with Gasteiger partial charge in [0, 0.05) is 4.47 Å². The average molecular weight is 427 g/mol. The van der Waals surface area contributed by atoms with E-state index in [2.05, 4.69) is 26.5 Å². The van der Waals surface area contributed by atoms with E-state index in [1.54, 1.807) is 42.6 Å². The van der Waals surface area contributed by atoms with Gasteiger partial charge in [0.25, 0.3) is 5.91 Å². The molecule has 3 aromatic carbocycles. The summed E-state index contributed by atoms with van der Waals surface area (Å²) >= 11 is 3.33. The Morgan fingerprint density at radius 2 is 1.85 bits per heavy atom. The van der Waals surface area contributed by atoms with E-state index in [1.165, 1.54) is 12.1 Å². The predicted octanol–water partition coefficient (Wildman–Crippen LogP) is 4.93. The smallest absolute Gasteiger partial charge is 0.272 e. The SMILES string of the molecule is O=C(N/N=C\c1cccc(OCc2ccc(F)cc2)c1)c1ccccc1Br. The van der Waals surface area contributed by atoms with Crippen molar-refractivity contribution in [3.05, 3.63) is 99.8 Å². The largest absolute Gasteiger partial charge is 0.489 e. The second kappa shape index (κ2) is 9.09. The number of hydrazone groups is 1. The summed E-state index contributed by atoms with van der Waals surface area (Å²) in [5.41, 5.74) is 4.65. The Kier molecular flexibility index (Phi) is 6.33. The lowest BCUT2D eigenvalue weighted by Gasteiger charge is -2.07. The molecule has 3 rings (SSSR count). The fourth-order valence-electron chi connectivity index (χ4n) is 2.30. The van der Waals surface area contributed by atoms with Crippen LogP contribution in [-0.4, -0.2) is 12.1 Å². The first-order valence-corrected chi connectivity index (χ1v) is 8.96. The van der Waals surface area contributed by atoms with E-state index in [1.807, 2.05) is 24.3 Å². The van der Waals surface area contributed by atoms with Crippen molar-refractivity contribution >= 4 is 28.1 Å². The van der Waals surface area contributed by atoms with Gasteiger partial charge in [0.15, 0.2) is 0 Å². The number of benzene rings is 3. The third-order valence-corrected chi connectivity index (χ3v) is 4.37. The number of halogens is 2. The summed E-state index contributed by atoms with van der Waals surface area (Å²) in [6, 6.07) is 20.6. The molecule has 6 heteroatoms. The summed E-state index contributed by atoms with van der Waals surface area (Å²) in [5, 5.41) is 3.99. The summed E-state index contributed by atoms with van der Waals surface area (Å²) < 4.78 is 19.3. The molecule has 0 atom stereocenters. The predicted molar refractivity (Wildman–Crippen MR) is 106 cm³/mol. The summed E-state index contributed by atoms with van der Waals surface area (Å²) in [5.74, 6) is 0.0735. The van der Waals surface area contributed by atoms with Crippen molar-refractivity contribution < 1.29 is 13.9 Å². The van der Waals surface area contributed by atoms with Crippen molar-refractivity contribution in [1.82, 2.24) is 5.43 Å². The molecule has 1 N–H and O–H groups in total. The molecule has 3 aromatic rings. The highest BCUT2D eigenvalue weighted by Crippen LogP contribution is 2.16. The van der Waals surface area contributed by atoms with Gasteiger partial charge in [-0.3, -0.25) is 4.79 Å². The van der Waals surface area contributed by atoms with E-state index in [9.17, 15) is 9.18 Å². The van der Waals surface area contributed by atoms with Crippen molar-refractivity contribution in [2.75, 3.05) is 0 Å². The van der Waals surface area contributed by atoms with Crippen molar-refractivity contribution in [1.29, 1.82) is 0 Å². The standard InChI is InChI=1S/C21H16BrFN2O2/c22-20-7-2-1-6-19(20)21(26)25-24-13-16-4-3-5-18(12-16)27-14-15-8-10-17(23)11-9-15/h1-13H,14H2,(H,25,26)/b24-13-. The average Bonchev–Trinajstić information content (AvgIpc) is 2.68. The van der Waals surface area contributed by atoms with Gasteiger partial charge < -0.3 is 4.74 Å². The number of ether oxygens (including phenoxy) is 1. The van der Waals surface area contributed by atoms with E-state index >= 15 is 0 Å². The van der Waals surface area contributed by atoms with Crippen LogP contribution in [0.15, 0.2) is 82.4 Å². The first kappa shape index (κ1) is 18.8. The van der Waals surface area contributed by atoms with Crippen LogP contribution in [0.3, 0.4) is 0 Å². The summed E-state index contributed by atoms with van der Waals surface area (Å²) in [4.78, 5) is 12.1. The summed E-state index contributed by atoms with van der Waals surface area (Å²) in [7, 11) is 0. The molecule has 0 radical (unpaired) electrons. The maximum Gasteiger partial charge on any atom is 0.272 e. The van der Waals surface area contributed by atoms with Gasteiger partial charge in [0.1, 0.15) is 18.2 Å². The van der Waals surface area contributed by atoms with Gasteiger partial charge in [0.05, 0.1) is 11.8 Å². The first-order chi connectivity index (χ1) is 13.1. The number of amides is 1. The van der Waals surface area contributed by atoms with Crippen LogP contribution < -0.4 is 10.2 Å². The second-order valence-corrected chi connectivity index (χ2v) is 6.52. The minimum atomic E-state index is -0.303. The number of carbonyl (C=O) groups is 1. The molecule has 0 spiro atoms. The molecule has 0 bridgehead atoms. The Bertz CT molecular complexity index is 958. The summed E-state index contributed by atoms with van der Waals surface area (Å²) in [6.07, 6.45) is 1.54. The molecule has 0 aliphatic rings. The highest BCUT2D eigenvalue weighted by Gasteiger charge is 2.07. The zero-order valence-electron chi connectivity index (χ0n) is 14.2. The molecule has 1 amide bonds. The lowest BCUT2D eigenvalue weighted by atomic mass is 10.2. The van der Waals surface area contributed by atoms with E-state index in [0.717, 1.165) is 11.1 Å². The maximum atomic E-state index is 12.9. The number of nitrogens with one attached hydrogen (secondary N) is 1. The molecule has 0 aliphatic carbocycles. The van der Waals surface area contributed by atoms with Crippen LogP contribution in [0.1, 0.15) is 21.5 Å². The zero-order valence-corrected chi connectivity index (χ0v) is 15.8. The van der Waals surface area contributed by atoms with Gasteiger partial charge >= 0.3 is 0 Å². The molecule has 0 aliphatic heterocycles. The highest BCUT2D eigenvalue weighted by molar-refractivity contribution is 9.10. The molecular weight excluding hydrogens is 411 g/mol. The molecule has 0 aromatic heterocycles. The fourth-order valence-corrected chi connectivity index (χ4v) is 2.77. The number of nitrogens with zero attached hydrogens (tertiary/aromatic N) is 1. The van der Waals surface area contributed by atoms with Crippen molar-refractivity contribution in [2.24, 2.45) is 5.10 Å². The number of hydrogen-bond acceptors (Lipinski definition) is 3. The van der Waals surface area contributed by atoms with Crippen LogP contribution in [0.2, 0.25) is 0 Å². The van der Waals surface area contributed by atoms with Crippen LogP contribution in [0, 0.1) is 5.82 Å². The maximum absolute atomic E-state index is 12.9. The van der Waals surface area contributed by atoms with Gasteiger partial charge in [-0.1, -0.05) is 36.4 Å². The molecule has 0 heterocycles. The lowest BCUT2D eigenvalue weighted by Crippen LogP contribution is -2.18. The summed E-state index contributed by atoms with van der Waals surface area (Å²) in [6.45, 7) is 0.333. The Morgan fingerprint density at radius 3 is 2.63 bits per heavy atom. The van der Waals surface area contributed by atoms with Crippen LogP contribution in [-0.2, 0) is 6.61 Å². The second-order valence-electron chi connectivity index (χ2n) is 5.67. The molecule has 0 saturated heterocycles. The first-order valence-electron chi connectivity index (χ1n) is 8.17. The van der Waals surface area contributed by atoms with Gasteiger partial charge in [-0.25, -0.2) is 9.82 Å². The van der Waals surface area contributed by atoms with Crippen LogP contribution in [0.5, 0.6) is 5.75 Å². The Hall–Kier alpha value is -2.99. The Morgan fingerprint density at radius 1 is 1.07 bits per heavy atom. The molecule has 0 unspecified atom stereocenters. The van der Waals surface area contributed by atoms with Crippen LogP contribution in [0.4, 0.5) is 4.39 Å². The van der Waals surface area contributed by atoms with Gasteiger partial charge in [0.2, 0.25) is 0 Å². The third-order valence-electron chi connectivity index (χ3n) is 3.68. The monoisotopic (exact) mass is 426 g/mol. The van der Waals surface area contributed by atoms with Crippen molar-refractivity contribution in [3.8, 4) is 5.75 Å². The van der Waals surface area contributed by atoms with E-state index in [0.29, 0.717) is 22.4 Å². The van der Waals surface area contributed by atoms with Gasteiger partial charge in [-0.05, 0) is 63.5 Å².